The molecule has 0 bridgehead atoms. The Labute approximate surface area is 94.3 Å². The highest BCUT2D eigenvalue weighted by atomic mass is 19.2. The third-order valence-corrected chi connectivity index (χ3v) is 1.97. The van der Waals surface area contributed by atoms with E-state index in [1.165, 1.54) is 12.1 Å². The molecule has 2 aromatic rings. The van der Waals surface area contributed by atoms with Crippen molar-refractivity contribution in [1.82, 2.24) is 9.97 Å². The molecule has 7 heteroatoms. The van der Waals surface area contributed by atoms with Gasteiger partial charge in [0.15, 0.2) is 23.3 Å². The standard InChI is InChI=1S/C10H7F3N4/c11-5-2-1-3-7(8(5)13)16-9-6(12)4-15-10(14)17-9/h1-4H,(H3,14,15,16,17). The van der Waals surface area contributed by atoms with Gasteiger partial charge in [-0.3, -0.25) is 0 Å². The number of hydrogen-bond donors (Lipinski definition) is 2. The van der Waals surface area contributed by atoms with Crippen molar-refractivity contribution in [3.05, 3.63) is 41.8 Å². The minimum Gasteiger partial charge on any atom is -0.368 e. The molecular formula is C10H7F3N4. The predicted octanol–water partition coefficient (Wildman–Crippen LogP) is 2.22. The summed E-state index contributed by atoms with van der Waals surface area (Å²) < 4.78 is 39.4. The number of nitrogens with two attached hydrogens (primary N) is 1. The molecule has 0 unspecified atom stereocenters. The molecule has 1 aromatic heterocycles. The first-order chi connectivity index (χ1) is 8.08. The number of aromatic nitrogens is 2. The minimum atomic E-state index is -1.12. The lowest BCUT2D eigenvalue weighted by Crippen LogP contribution is -2.04. The Morgan fingerprint density at radius 1 is 1.12 bits per heavy atom. The Kier molecular flexibility index (Phi) is 2.82. The number of nitrogen functional groups attached to an aromatic ring is 1. The maximum atomic E-state index is 13.3. The fourth-order valence-electron chi connectivity index (χ4n) is 1.20. The highest BCUT2D eigenvalue weighted by Crippen LogP contribution is 2.22. The van der Waals surface area contributed by atoms with Crippen LogP contribution in [0.15, 0.2) is 24.4 Å². The summed E-state index contributed by atoms with van der Waals surface area (Å²) in [6, 6.07) is 3.48. The van der Waals surface area contributed by atoms with Gasteiger partial charge in [-0.2, -0.15) is 4.98 Å². The maximum absolute atomic E-state index is 13.3. The van der Waals surface area contributed by atoms with E-state index in [0.717, 1.165) is 12.3 Å². The van der Waals surface area contributed by atoms with Gasteiger partial charge in [-0.1, -0.05) is 6.07 Å². The van der Waals surface area contributed by atoms with E-state index in [-0.39, 0.29) is 17.5 Å². The molecule has 0 aliphatic rings. The first kappa shape index (κ1) is 11.2. The zero-order chi connectivity index (χ0) is 12.4. The summed E-state index contributed by atoms with van der Waals surface area (Å²) >= 11 is 0. The van der Waals surface area contributed by atoms with E-state index in [1.807, 2.05) is 0 Å². The molecule has 3 N–H and O–H groups in total. The lowest BCUT2D eigenvalue weighted by Gasteiger charge is -2.07. The summed E-state index contributed by atoms with van der Waals surface area (Å²) in [5.41, 5.74) is 5.02. The van der Waals surface area contributed by atoms with Crippen LogP contribution in [0.25, 0.3) is 0 Å². The molecule has 0 amide bonds. The molecule has 17 heavy (non-hydrogen) atoms. The van der Waals surface area contributed by atoms with E-state index in [2.05, 4.69) is 15.3 Å². The van der Waals surface area contributed by atoms with Gasteiger partial charge >= 0.3 is 0 Å². The van der Waals surface area contributed by atoms with Gasteiger partial charge in [-0.15, -0.1) is 0 Å². The largest absolute Gasteiger partial charge is 0.368 e. The normalized spacial score (nSPS) is 10.3. The molecule has 2 rings (SSSR count). The van der Waals surface area contributed by atoms with Gasteiger partial charge in [0.2, 0.25) is 5.95 Å². The van der Waals surface area contributed by atoms with Gasteiger partial charge in [0.1, 0.15) is 0 Å². The second kappa shape index (κ2) is 4.28. The minimum absolute atomic E-state index is 0.175. The van der Waals surface area contributed by atoms with Crippen molar-refractivity contribution in [3.8, 4) is 0 Å². The molecule has 88 valence electrons. The lowest BCUT2D eigenvalue weighted by molar-refractivity contribution is 0.511. The van der Waals surface area contributed by atoms with Crippen molar-refractivity contribution in [2.45, 2.75) is 0 Å². The molecule has 0 fully saturated rings. The van der Waals surface area contributed by atoms with Gasteiger partial charge in [0, 0.05) is 0 Å². The van der Waals surface area contributed by atoms with E-state index in [0.29, 0.717) is 0 Å². The summed E-state index contributed by atoms with van der Waals surface area (Å²) in [5, 5.41) is 2.30. The number of rotatable bonds is 2. The van der Waals surface area contributed by atoms with Gasteiger partial charge in [-0.05, 0) is 12.1 Å². The summed E-state index contributed by atoms with van der Waals surface area (Å²) in [5.74, 6) is -3.47. The SMILES string of the molecule is Nc1ncc(F)c(Nc2cccc(F)c2F)n1. The van der Waals surface area contributed by atoms with Crippen LogP contribution < -0.4 is 11.1 Å². The number of halogens is 3. The summed E-state index contributed by atoms with van der Waals surface area (Å²) in [6.45, 7) is 0. The Hall–Kier alpha value is -2.31. The van der Waals surface area contributed by atoms with Crippen LogP contribution in [0.1, 0.15) is 0 Å². The van der Waals surface area contributed by atoms with Crippen LogP contribution in [0, 0.1) is 17.5 Å². The van der Waals surface area contributed by atoms with Gasteiger partial charge in [-0.25, -0.2) is 18.2 Å². The third-order valence-electron chi connectivity index (χ3n) is 1.97. The monoisotopic (exact) mass is 240 g/mol. The fraction of sp³-hybridized carbons (Fsp3) is 0. The Morgan fingerprint density at radius 3 is 2.65 bits per heavy atom. The van der Waals surface area contributed by atoms with Gasteiger partial charge in [0.25, 0.3) is 0 Å². The summed E-state index contributed by atoms with van der Waals surface area (Å²) in [7, 11) is 0. The second-order valence-corrected chi connectivity index (χ2v) is 3.15. The van der Waals surface area contributed by atoms with Crippen LogP contribution in [-0.4, -0.2) is 9.97 Å². The summed E-state index contributed by atoms with van der Waals surface area (Å²) in [4.78, 5) is 6.94. The fourth-order valence-corrected chi connectivity index (χ4v) is 1.20. The first-order valence-corrected chi connectivity index (χ1v) is 4.57. The molecule has 0 saturated heterocycles. The van der Waals surface area contributed by atoms with E-state index < -0.39 is 17.5 Å². The number of hydrogen-bond acceptors (Lipinski definition) is 4. The lowest BCUT2D eigenvalue weighted by atomic mass is 10.3. The molecule has 0 aliphatic heterocycles. The van der Waals surface area contributed by atoms with Crippen molar-refractivity contribution in [3.63, 3.8) is 0 Å². The smallest absolute Gasteiger partial charge is 0.222 e. The zero-order valence-corrected chi connectivity index (χ0v) is 8.42. The second-order valence-electron chi connectivity index (χ2n) is 3.15. The van der Waals surface area contributed by atoms with Crippen molar-refractivity contribution < 1.29 is 13.2 Å². The zero-order valence-electron chi connectivity index (χ0n) is 8.42. The van der Waals surface area contributed by atoms with Crippen molar-refractivity contribution in [2.24, 2.45) is 0 Å². The van der Waals surface area contributed by atoms with Crippen molar-refractivity contribution in [2.75, 3.05) is 11.1 Å². The highest BCUT2D eigenvalue weighted by molar-refractivity contribution is 5.57. The van der Waals surface area contributed by atoms with E-state index in [1.54, 1.807) is 0 Å². The highest BCUT2D eigenvalue weighted by Gasteiger charge is 2.11. The molecule has 0 atom stereocenters. The Morgan fingerprint density at radius 2 is 1.88 bits per heavy atom. The van der Waals surface area contributed by atoms with E-state index >= 15 is 0 Å². The quantitative estimate of drug-likeness (QED) is 0.844. The molecule has 0 saturated carbocycles. The van der Waals surface area contributed by atoms with Crippen molar-refractivity contribution in [1.29, 1.82) is 0 Å². The molecular weight excluding hydrogens is 233 g/mol. The molecule has 4 nitrogen and oxygen atoms in total. The van der Waals surface area contributed by atoms with Gasteiger partial charge < -0.3 is 11.1 Å². The van der Waals surface area contributed by atoms with E-state index in [9.17, 15) is 13.2 Å². The van der Waals surface area contributed by atoms with Crippen LogP contribution in [0.4, 0.5) is 30.6 Å². The molecule has 1 aromatic carbocycles. The van der Waals surface area contributed by atoms with E-state index in [4.69, 9.17) is 5.73 Å². The van der Waals surface area contributed by atoms with Gasteiger partial charge in [0.05, 0.1) is 11.9 Å². The number of nitrogens with one attached hydrogen (secondary N) is 1. The Balaban J connectivity index is 2.38. The predicted molar refractivity (Wildman–Crippen MR) is 56.0 cm³/mol. The number of nitrogens with zero attached hydrogens (tertiary/aromatic N) is 2. The first-order valence-electron chi connectivity index (χ1n) is 4.57. The Bertz CT molecular complexity index is 559. The van der Waals surface area contributed by atoms with Crippen LogP contribution in [0.2, 0.25) is 0 Å². The average molecular weight is 240 g/mol. The van der Waals surface area contributed by atoms with Crippen molar-refractivity contribution >= 4 is 17.5 Å². The maximum Gasteiger partial charge on any atom is 0.222 e. The molecule has 0 spiro atoms. The van der Waals surface area contributed by atoms with Crippen LogP contribution >= 0.6 is 0 Å². The number of anilines is 3. The molecule has 0 radical (unpaired) electrons. The third kappa shape index (κ3) is 2.27. The summed E-state index contributed by atoms with van der Waals surface area (Å²) in [6.07, 6.45) is 0.835. The van der Waals surface area contributed by atoms with Crippen LogP contribution in [0.3, 0.4) is 0 Å². The average Bonchev–Trinajstić information content (AvgIpc) is 2.30. The van der Waals surface area contributed by atoms with Crippen LogP contribution in [0.5, 0.6) is 0 Å². The molecule has 0 aliphatic carbocycles. The molecule has 1 heterocycles. The van der Waals surface area contributed by atoms with Crippen LogP contribution in [-0.2, 0) is 0 Å². The topological polar surface area (TPSA) is 63.8 Å². The number of benzene rings is 1.